The van der Waals surface area contributed by atoms with Gasteiger partial charge in [-0.25, -0.2) is 8.42 Å². The lowest BCUT2D eigenvalue weighted by Gasteiger charge is -2.10. The Balaban J connectivity index is 3.45. The van der Waals surface area contributed by atoms with Crippen molar-refractivity contribution < 1.29 is 13.2 Å². The number of sulfone groups is 1. The highest BCUT2D eigenvalue weighted by Gasteiger charge is 2.24. The molecule has 0 aliphatic carbocycles. The van der Waals surface area contributed by atoms with Crippen LogP contribution in [0.25, 0.3) is 0 Å². The van der Waals surface area contributed by atoms with E-state index in [9.17, 15) is 13.2 Å². The third kappa shape index (κ3) is 2.38. The summed E-state index contributed by atoms with van der Waals surface area (Å²) in [5.41, 5.74) is 0.0351. The van der Waals surface area contributed by atoms with E-state index in [4.69, 9.17) is 11.6 Å². The van der Waals surface area contributed by atoms with Crippen molar-refractivity contribution in [1.29, 1.82) is 0 Å². The fraction of sp³-hybridized carbons (Fsp3) is 0.300. The first-order valence-corrected chi connectivity index (χ1v) is 6.32. The molecule has 0 heterocycles. The molecule has 15 heavy (non-hydrogen) atoms. The third-order valence-corrected chi connectivity index (χ3v) is 4.44. The van der Waals surface area contributed by atoms with Crippen LogP contribution >= 0.6 is 11.6 Å². The van der Waals surface area contributed by atoms with Gasteiger partial charge in [0.2, 0.25) is 0 Å². The molecule has 5 heteroatoms. The van der Waals surface area contributed by atoms with Gasteiger partial charge < -0.3 is 0 Å². The third-order valence-electron chi connectivity index (χ3n) is 2.03. The molecule has 0 aliphatic heterocycles. The van der Waals surface area contributed by atoms with Crippen LogP contribution in [0.3, 0.4) is 0 Å². The molecule has 0 fully saturated rings. The SMILES string of the molecule is CC(C)S(=O)(=O)c1ccccc1C(=O)Cl. The first-order chi connectivity index (χ1) is 6.87. The van der Waals surface area contributed by atoms with Gasteiger partial charge >= 0.3 is 0 Å². The Bertz CT molecular complexity index is 477. The zero-order chi connectivity index (χ0) is 11.6. The zero-order valence-electron chi connectivity index (χ0n) is 8.40. The molecule has 82 valence electrons. The monoisotopic (exact) mass is 246 g/mol. The quantitative estimate of drug-likeness (QED) is 0.769. The topological polar surface area (TPSA) is 51.2 Å². The van der Waals surface area contributed by atoms with E-state index in [1.165, 1.54) is 12.1 Å². The summed E-state index contributed by atoms with van der Waals surface area (Å²) >= 11 is 5.32. The van der Waals surface area contributed by atoms with Gasteiger partial charge in [0.1, 0.15) is 0 Å². The average molecular weight is 247 g/mol. The van der Waals surface area contributed by atoms with Gasteiger partial charge in [0.25, 0.3) is 5.24 Å². The molecule has 0 unspecified atom stereocenters. The molecular formula is C10H11ClO3S. The van der Waals surface area contributed by atoms with E-state index in [2.05, 4.69) is 0 Å². The van der Waals surface area contributed by atoms with Crippen molar-refractivity contribution in [1.82, 2.24) is 0 Å². The second-order valence-corrected chi connectivity index (χ2v) is 6.18. The summed E-state index contributed by atoms with van der Waals surface area (Å²) in [6.45, 7) is 3.12. The van der Waals surface area contributed by atoms with Crippen molar-refractivity contribution in [2.45, 2.75) is 24.0 Å². The molecule has 1 aromatic carbocycles. The zero-order valence-corrected chi connectivity index (χ0v) is 9.97. The summed E-state index contributed by atoms with van der Waals surface area (Å²) in [5, 5.41) is -1.33. The number of hydrogen-bond donors (Lipinski definition) is 0. The van der Waals surface area contributed by atoms with Crippen LogP contribution in [0.1, 0.15) is 24.2 Å². The summed E-state index contributed by atoms with van der Waals surface area (Å²) in [5.74, 6) is 0. The molecule has 0 saturated heterocycles. The largest absolute Gasteiger partial charge is 0.276 e. The second kappa shape index (κ2) is 4.33. The molecule has 0 radical (unpaired) electrons. The summed E-state index contributed by atoms with van der Waals surface area (Å²) in [4.78, 5) is 11.0. The van der Waals surface area contributed by atoms with E-state index in [0.29, 0.717) is 0 Å². The minimum absolute atomic E-state index is 0.000000000000000666. The maximum atomic E-state index is 11.8. The van der Waals surface area contributed by atoms with E-state index < -0.39 is 20.3 Å². The van der Waals surface area contributed by atoms with E-state index >= 15 is 0 Å². The van der Waals surface area contributed by atoms with Crippen molar-refractivity contribution in [3.63, 3.8) is 0 Å². The van der Waals surface area contributed by atoms with Crippen LogP contribution in [0, 0.1) is 0 Å². The minimum atomic E-state index is -3.46. The average Bonchev–Trinajstić information content (AvgIpc) is 2.17. The Morgan fingerprint density at radius 3 is 2.27 bits per heavy atom. The molecule has 3 nitrogen and oxygen atoms in total. The molecule has 0 atom stereocenters. The maximum absolute atomic E-state index is 11.8. The van der Waals surface area contributed by atoms with Crippen LogP contribution in [0.15, 0.2) is 29.2 Å². The van der Waals surface area contributed by atoms with Crippen LogP contribution in [0.4, 0.5) is 0 Å². The number of carbonyl (C=O) groups excluding carboxylic acids is 1. The van der Waals surface area contributed by atoms with Gasteiger partial charge in [-0.15, -0.1) is 0 Å². The Kier molecular flexibility index (Phi) is 3.52. The van der Waals surface area contributed by atoms with Gasteiger partial charge in [0.05, 0.1) is 15.7 Å². The summed E-state index contributed by atoms with van der Waals surface area (Å²) in [7, 11) is -3.46. The summed E-state index contributed by atoms with van der Waals surface area (Å²) < 4.78 is 23.7. The first kappa shape index (κ1) is 12.2. The Morgan fingerprint density at radius 2 is 1.80 bits per heavy atom. The molecule has 1 aromatic rings. The van der Waals surface area contributed by atoms with Gasteiger partial charge in [-0.2, -0.15) is 0 Å². The minimum Gasteiger partial charge on any atom is -0.276 e. The van der Waals surface area contributed by atoms with Crippen LogP contribution in [-0.4, -0.2) is 18.9 Å². The van der Waals surface area contributed by atoms with Gasteiger partial charge in [-0.05, 0) is 37.6 Å². The van der Waals surface area contributed by atoms with Gasteiger partial charge in [-0.1, -0.05) is 12.1 Å². The molecular weight excluding hydrogens is 236 g/mol. The standard InChI is InChI=1S/C10H11ClO3S/c1-7(2)15(13,14)9-6-4-3-5-8(9)10(11)12/h3-7H,1-2H3. The molecule has 0 aliphatic rings. The van der Waals surface area contributed by atoms with E-state index in [1.54, 1.807) is 26.0 Å². The number of rotatable bonds is 3. The second-order valence-electron chi connectivity index (χ2n) is 3.36. The van der Waals surface area contributed by atoms with E-state index in [1.807, 2.05) is 0 Å². The Labute approximate surface area is 94.0 Å². The normalized spacial score (nSPS) is 11.7. The number of benzene rings is 1. The fourth-order valence-electron chi connectivity index (χ4n) is 1.13. The van der Waals surface area contributed by atoms with Gasteiger partial charge in [0, 0.05) is 0 Å². The van der Waals surface area contributed by atoms with Gasteiger partial charge in [-0.3, -0.25) is 4.79 Å². The Hall–Kier alpha value is -0.870. The maximum Gasteiger partial charge on any atom is 0.253 e. The lowest BCUT2D eigenvalue weighted by atomic mass is 10.2. The molecule has 0 amide bonds. The van der Waals surface area contributed by atoms with Crippen LogP contribution < -0.4 is 0 Å². The van der Waals surface area contributed by atoms with Crippen molar-refractivity contribution in [2.75, 3.05) is 0 Å². The van der Waals surface area contributed by atoms with Crippen molar-refractivity contribution in [3.05, 3.63) is 29.8 Å². The number of carbonyl (C=O) groups is 1. The fourth-order valence-corrected chi connectivity index (χ4v) is 2.60. The smallest absolute Gasteiger partial charge is 0.253 e. The molecule has 1 rings (SSSR count). The summed E-state index contributed by atoms with van der Waals surface area (Å²) in [6.07, 6.45) is 0. The predicted molar refractivity (Wildman–Crippen MR) is 58.9 cm³/mol. The Morgan fingerprint density at radius 1 is 1.27 bits per heavy atom. The lowest BCUT2D eigenvalue weighted by Crippen LogP contribution is -2.16. The molecule has 0 bridgehead atoms. The molecule has 0 saturated carbocycles. The van der Waals surface area contributed by atoms with Crippen molar-refractivity contribution in [3.8, 4) is 0 Å². The van der Waals surface area contributed by atoms with Crippen LogP contribution in [-0.2, 0) is 9.84 Å². The van der Waals surface area contributed by atoms with Crippen molar-refractivity contribution in [2.24, 2.45) is 0 Å². The van der Waals surface area contributed by atoms with Crippen LogP contribution in [0.2, 0.25) is 0 Å². The van der Waals surface area contributed by atoms with E-state index in [0.717, 1.165) is 0 Å². The highest BCUT2D eigenvalue weighted by Crippen LogP contribution is 2.21. The predicted octanol–water partition coefficient (Wildman–Crippen LogP) is 2.25. The lowest BCUT2D eigenvalue weighted by molar-refractivity contribution is 0.107. The number of hydrogen-bond acceptors (Lipinski definition) is 3. The molecule has 0 spiro atoms. The first-order valence-electron chi connectivity index (χ1n) is 4.40. The van der Waals surface area contributed by atoms with Gasteiger partial charge in [0.15, 0.2) is 9.84 Å². The van der Waals surface area contributed by atoms with E-state index in [-0.39, 0.29) is 10.5 Å². The highest BCUT2D eigenvalue weighted by molar-refractivity contribution is 7.92. The molecule has 0 N–H and O–H groups in total. The number of halogens is 1. The molecule has 0 aromatic heterocycles. The summed E-state index contributed by atoms with van der Waals surface area (Å²) in [6, 6.07) is 5.95. The van der Waals surface area contributed by atoms with Crippen LogP contribution in [0.5, 0.6) is 0 Å². The highest BCUT2D eigenvalue weighted by atomic mass is 35.5. The van der Waals surface area contributed by atoms with Crippen molar-refractivity contribution >= 4 is 26.7 Å².